The minimum Gasteiger partial charge on any atom is -0.353 e. The van der Waals surface area contributed by atoms with Crippen molar-refractivity contribution in [3.8, 4) is 0 Å². The molecule has 0 atom stereocenters. The second kappa shape index (κ2) is 7.72. The average Bonchev–Trinajstić information content (AvgIpc) is 3.18. The summed E-state index contributed by atoms with van der Waals surface area (Å²) in [5.74, 6) is 1.25. The van der Waals surface area contributed by atoms with Gasteiger partial charge in [-0.05, 0) is 48.6 Å². The fourth-order valence-corrected chi connectivity index (χ4v) is 5.10. The minimum absolute atomic E-state index is 0.131. The Balaban J connectivity index is 1.17. The van der Waals surface area contributed by atoms with Gasteiger partial charge in [0.15, 0.2) is 0 Å². The lowest BCUT2D eigenvalue weighted by atomic mass is 10.0. The topological polar surface area (TPSA) is 52.6 Å². The van der Waals surface area contributed by atoms with E-state index in [4.69, 9.17) is 4.37 Å². The Morgan fingerprint density at radius 2 is 1.90 bits per heavy atom. The number of carbonyl (C=O) groups excluding carboxylic acids is 1. The second-order valence-corrected chi connectivity index (χ2v) is 8.66. The van der Waals surface area contributed by atoms with E-state index in [0.29, 0.717) is 0 Å². The van der Waals surface area contributed by atoms with Crippen molar-refractivity contribution in [2.45, 2.75) is 13.3 Å². The van der Waals surface area contributed by atoms with Gasteiger partial charge in [0, 0.05) is 63.1 Å². The normalized spacial score (nSPS) is 17.8. The maximum absolute atomic E-state index is 12.8. The van der Waals surface area contributed by atoms with Crippen LogP contribution in [-0.4, -0.2) is 70.9 Å². The molecule has 0 spiro atoms. The molecule has 0 bridgehead atoms. The smallest absolute Gasteiger partial charge is 0.255 e. The molecule has 0 aliphatic carbocycles. The molecule has 4 heterocycles. The molecule has 1 amide bonds. The summed E-state index contributed by atoms with van der Waals surface area (Å²) < 4.78 is 5.94. The number of nitrogens with zero attached hydrogens (tertiary/aromatic N) is 5. The first-order valence-electron chi connectivity index (χ1n) is 10.3. The van der Waals surface area contributed by atoms with Crippen molar-refractivity contribution < 1.29 is 4.79 Å². The van der Waals surface area contributed by atoms with Crippen LogP contribution in [0.1, 0.15) is 21.6 Å². The van der Waals surface area contributed by atoms with E-state index in [1.54, 1.807) is 17.7 Å². The first-order chi connectivity index (χ1) is 14.2. The lowest BCUT2D eigenvalue weighted by Gasteiger charge is -2.36. The van der Waals surface area contributed by atoms with Gasteiger partial charge in [0.25, 0.3) is 5.91 Å². The van der Waals surface area contributed by atoms with Crippen molar-refractivity contribution in [2.24, 2.45) is 0 Å². The zero-order valence-corrected chi connectivity index (χ0v) is 17.5. The maximum Gasteiger partial charge on any atom is 0.255 e. The van der Waals surface area contributed by atoms with Gasteiger partial charge in [0.2, 0.25) is 0 Å². The van der Waals surface area contributed by atoms with Crippen LogP contribution in [0.2, 0.25) is 0 Å². The standard InChI is InChI=1S/C22H25N5OS/c1-16-14-17-6-7-27(22(28)19(17)15-23-16)13-10-25-8-11-26(12-9-25)21-18-4-2-3-5-20(18)29-24-21/h2-5,14-15H,6-13H2,1H3. The number of pyridine rings is 1. The van der Waals surface area contributed by atoms with Crippen LogP contribution >= 0.6 is 11.5 Å². The molecule has 6 nitrogen and oxygen atoms in total. The number of piperazine rings is 1. The third-order valence-corrected chi connectivity index (χ3v) is 6.83. The van der Waals surface area contributed by atoms with Crippen molar-refractivity contribution in [3.05, 3.63) is 53.3 Å². The third kappa shape index (κ3) is 3.60. The molecule has 150 valence electrons. The summed E-state index contributed by atoms with van der Waals surface area (Å²) in [6, 6.07) is 10.5. The van der Waals surface area contributed by atoms with Gasteiger partial charge in [-0.3, -0.25) is 14.7 Å². The van der Waals surface area contributed by atoms with Gasteiger partial charge in [0.05, 0.1) is 10.3 Å². The highest BCUT2D eigenvalue weighted by molar-refractivity contribution is 7.13. The quantitative estimate of drug-likeness (QED) is 0.666. The number of anilines is 1. The maximum atomic E-state index is 12.8. The number of carbonyl (C=O) groups is 1. The van der Waals surface area contributed by atoms with E-state index in [-0.39, 0.29) is 5.91 Å². The molecule has 7 heteroatoms. The predicted molar refractivity (Wildman–Crippen MR) is 117 cm³/mol. The molecular formula is C22H25N5OS. The summed E-state index contributed by atoms with van der Waals surface area (Å²) >= 11 is 1.58. The summed E-state index contributed by atoms with van der Waals surface area (Å²) in [7, 11) is 0. The number of aryl methyl sites for hydroxylation is 1. The Labute approximate surface area is 174 Å². The van der Waals surface area contributed by atoms with E-state index in [9.17, 15) is 4.79 Å². The van der Waals surface area contributed by atoms with Crippen molar-refractivity contribution in [3.63, 3.8) is 0 Å². The van der Waals surface area contributed by atoms with Gasteiger partial charge in [-0.25, -0.2) is 0 Å². The van der Waals surface area contributed by atoms with Crippen LogP contribution in [-0.2, 0) is 6.42 Å². The molecule has 0 N–H and O–H groups in total. The van der Waals surface area contributed by atoms with Gasteiger partial charge in [-0.1, -0.05) is 12.1 Å². The van der Waals surface area contributed by atoms with E-state index in [1.807, 2.05) is 17.9 Å². The SMILES string of the molecule is Cc1cc2c(cn1)C(=O)N(CCN1CCN(c3nsc4ccccc34)CC1)CC2. The number of amides is 1. The molecule has 3 aromatic rings. The Morgan fingerprint density at radius 1 is 1.07 bits per heavy atom. The molecule has 29 heavy (non-hydrogen) atoms. The fraction of sp³-hybridized carbons (Fsp3) is 0.409. The van der Waals surface area contributed by atoms with Crippen LogP contribution in [0.25, 0.3) is 10.1 Å². The zero-order chi connectivity index (χ0) is 19.8. The molecule has 2 aliphatic rings. The van der Waals surface area contributed by atoms with Gasteiger partial charge in [-0.15, -0.1) is 0 Å². The van der Waals surface area contributed by atoms with Crippen molar-refractivity contribution in [1.29, 1.82) is 0 Å². The second-order valence-electron chi connectivity index (χ2n) is 7.86. The highest BCUT2D eigenvalue weighted by Crippen LogP contribution is 2.29. The third-order valence-electron chi connectivity index (χ3n) is 6.01. The largest absolute Gasteiger partial charge is 0.353 e. The Kier molecular flexibility index (Phi) is 4.93. The van der Waals surface area contributed by atoms with Crippen molar-refractivity contribution in [2.75, 3.05) is 50.7 Å². The summed E-state index contributed by atoms with van der Waals surface area (Å²) in [4.78, 5) is 23.9. The van der Waals surface area contributed by atoms with Crippen molar-refractivity contribution >= 4 is 33.3 Å². The molecule has 1 fully saturated rings. The Bertz CT molecular complexity index is 1040. The minimum atomic E-state index is 0.131. The number of hydrogen-bond acceptors (Lipinski definition) is 6. The van der Waals surface area contributed by atoms with Gasteiger partial charge in [0.1, 0.15) is 5.82 Å². The summed E-state index contributed by atoms with van der Waals surface area (Å²) in [6.45, 7) is 8.46. The van der Waals surface area contributed by atoms with E-state index in [2.05, 4.69) is 39.0 Å². The highest BCUT2D eigenvalue weighted by Gasteiger charge is 2.26. The summed E-state index contributed by atoms with van der Waals surface area (Å²) in [6.07, 6.45) is 2.67. The fourth-order valence-electron chi connectivity index (χ4n) is 4.30. The van der Waals surface area contributed by atoms with Gasteiger partial charge in [-0.2, -0.15) is 4.37 Å². The first-order valence-corrected chi connectivity index (χ1v) is 11.0. The molecule has 2 aromatic heterocycles. The summed E-state index contributed by atoms with van der Waals surface area (Å²) in [5.41, 5.74) is 2.90. The Morgan fingerprint density at radius 3 is 2.76 bits per heavy atom. The van der Waals surface area contributed by atoms with Crippen LogP contribution in [0, 0.1) is 6.92 Å². The average molecular weight is 408 g/mol. The van der Waals surface area contributed by atoms with Crippen LogP contribution in [0.4, 0.5) is 5.82 Å². The Hall–Kier alpha value is -2.51. The number of fused-ring (bicyclic) bond motifs is 2. The van der Waals surface area contributed by atoms with Crippen molar-refractivity contribution in [1.82, 2.24) is 19.2 Å². The van der Waals surface area contributed by atoms with Crippen LogP contribution in [0.3, 0.4) is 0 Å². The van der Waals surface area contributed by atoms with E-state index in [1.165, 1.54) is 10.1 Å². The highest BCUT2D eigenvalue weighted by atomic mass is 32.1. The van der Waals surface area contributed by atoms with Crippen LogP contribution in [0.15, 0.2) is 36.5 Å². The van der Waals surface area contributed by atoms with Gasteiger partial charge < -0.3 is 9.80 Å². The van der Waals surface area contributed by atoms with E-state index in [0.717, 1.165) is 74.9 Å². The zero-order valence-electron chi connectivity index (χ0n) is 16.7. The predicted octanol–water partition coefficient (Wildman–Crippen LogP) is 2.82. The molecule has 0 radical (unpaired) electrons. The monoisotopic (exact) mass is 407 g/mol. The van der Waals surface area contributed by atoms with Gasteiger partial charge >= 0.3 is 0 Å². The lowest BCUT2D eigenvalue weighted by Crippen LogP contribution is -2.50. The molecular weight excluding hydrogens is 382 g/mol. The number of rotatable bonds is 4. The number of aromatic nitrogens is 2. The van der Waals surface area contributed by atoms with E-state index < -0.39 is 0 Å². The first kappa shape index (κ1) is 18.5. The summed E-state index contributed by atoms with van der Waals surface area (Å²) in [5, 5.41) is 1.26. The molecule has 0 unspecified atom stereocenters. The molecule has 5 rings (SSSR count). The number of hydrogen-bond donors (Lipinski definition) is 0. The molecule has 0 saturated carbocycles. The van der Waals surface area contributed by atoms with E-state index >= 15 is 0 Å². The van der Waals surface area contributed by atoms with Crippen LogP contribution < -0.4 is 4.90 Å². The number of benzene rings is 1. The molecule has 1 aromatic carbocycles. The molecule has 2 aliphatic heterocycles. The lowest BCUT2D eigenvalue weighted by molar-refractivity contribution is 0.0716. The van der Waals surface area contributed by atoms with Crippen LogP contribution in [0.5, 0.6) is 0 Å². The molecule has 1 saturated heterocycles.